The summed E-state index contributed by atoms with van der Waals surface area (Å²) >= 11 is 0. The summed E-state index contributed by atoms with van der Waals surface area (Å²) in [6, 6.07) is 24.7. The lowest BCUT2D eigenvalue weighted by Gasteiger charge is -2.10. The molecule has 0 amide bonds. The fourth-order valence-electron chi connectivity index (χ4n) is 3.10. The molecule has 0 aliphatic carbocycles. The van der Waals surface area contributed by atoms with Crippen molar-refractivity contribution >= 4 is 21.5 Å². The molecule has 0 unspecified atom stereocenters. The summed E-state index contributed by atoms with van der Waals surface area (Å²) in [5.74, 6) is 0.339. The van der Waals surface area contributed by atoms with Gasteiger partial charge < -0.3 is 5.11 Å². The van der Waals surface area contributed by atoms with E-state index in [9.17, 15) is 5.11 Å². The van der Waals surface area contributed by atoms with Gasteiger partial charge in [-0.2, -0.15) is 0 Å². The van der Waals surface area contributed by atoms with Gasteiger partial charge in [-0.05, 0) is 46.3 Å². The van der Waals surface area contributed by atoms with Crippen molar-refractivity contribution in [3.63, 3.8) is 0 Å². The highest BCUT2D eigenvalue weighted by Crippen LogP contribution is 2.36. The Labute approximate surface area is 129 Å². The van der Waals surface area contributed by atoms with Crippen molar-refractivity contribution in [3.8, 4) is 16.9 Å². The fourth-order valence-corrected chi connectivity index (χ4v) is 3.10. The van der Waals surface area contributed by atoms with Gasteiger partial charge in [0.1, 0.15) is 5.75 Å². The quantitative estimate of drug-likeness (QED) is 0.446. The topological polar surface area (TPSA) is 20.2 Å². The van der Waals surface area contributed by atoms with Gasteiger partial charge in [-0.25, -0.2) is 0 Å². The second kappa shape index (κ2) is 4.88. The molecule has 4 aromatic carbocycles. The van der Waals surface area contributed by atoms with Crippen LogP contribution in [0, 0.1) is 6.92 Å². The Morgan fingerprint density at radius 2 is 1.45 bits per heavy atom. The summed E-state index contributed by atoms with van der Waals surface area (Å²) < 4.78 is 0. The number of aromatic hydroxyl groups is 1. The van der Waals surface area contributed by atoms with Crippen molar-refractivity contribution in [2.24, 2.45) is 0 Å². The predicted octanol–water partition coefficient (Wildman–Crippen LogP) is 5.67. The van der Waals surface area contributed by atoms with Crippen LogP contribution in [0.25, 0.3) is 32.7 Å². The van der Waals surface area contributed by atoms with Crippen LogP contribution < -0.4 is 0 Å². The Balaban J connectivity index is 2.04. The van der Waals surface area contributed by atoms with Gasteiger partial charge in [0, 0.05) is 5.39 Å². The van der Waals surface area contributed by atoms with Gasteiger partial charge in [0.05, 0.1) is 0 Å². The van der Waals surface area contributed by atoms with Crippen LogP contribution in [-0.2, 0) is 0 Å². The van der Waals surface area contributed by atoms with Crippen molar-refractivity contribution in [1.29, 1.82) is 0 Å². The van der Waals surface area contributed by atoms with Gasteiger partial charge in [0.2, 0.25) is 0 Å². The Bertz CT molecular complexity index is 985. The largest absolute Gasteiger partial charge is 0.507 e. The Hall–Kier alpha value is -2.80. The van der Waals surface area contributed by atoms with Gasteiger partial charge in [-0.1, -0.05) is 66.2 Å². The highest BCUT2D eigenvalue weighted by Gasteiger charge is 2.08. The molecule has 1 nitrogen and oxygen atoms in total. The van der Waals surface area contributed by atoms with Crippen LogP contribution >= 0.6 is 0 Å². The minimum atomic E-state index is 0.339. The lowest BCUT2D eigenvalue weighted by molar-refractivity contribution is 0.482. The Morgan fingerprint density at radius 3 is 2.27 bits per heavy atom. The minimum absolute atomic E-state index is 0.339. The molecule has 1 heteroatoms. The average Bonchev–Trinajstić information content (AvgIpc) is 2.55. The van der Waals surface area contributed by atoms with E-state index in [1.54, 1.807) is 0 Å². The molecule has 0 saturated heterocycles. The zero-order chi connectivity index (χ0) is 15.1. The van der Waals surface area contributed by atoms with Crippen LogP contribution in [0.2, 0.25) is 0 Å². The summed E-state index contributed by atoms with van der Waals surface area (Å²) in [6.07, 6.45) is 0. The van der Waals surface area contributed by atoms with Crippen molar-refractivity contribution in [2.75, 3.05) is 0 Å². The molecule has 0 saturated carbocycles. The lowest BCUT2D eigenvalue weighted by atomic mass is 9.96. The monoisotopic (exact) mass is 284 g/mol. The molecule has 4 aromatic rings. The maximum Gasteiger partial charge on any atom is 0.124 e. The Morgan fingerprint density at radius 1 is 0.682 bits per heavy atom. The highest BCUT2D eigenvalue weighted by molar-refractivity contribution is 6.11. The van der Waals surface area contributed by atoms with E-state index in [0.29, 0.717) is 5.75 Å². The van der Waals surface area contributed by atoms with E-state index in [1.807, 2.05) is 24.3 Å². The van der Waals surface area contributed by atoms with Crippen LogP contribution in [0.1, 0.15) is 5.56 Å². The third-order valence-corrected chi connectivity index (χ3v) is 4.17. The van der Waals surface area contributed by atoms with Crippen molar-refractivity contribution < 1.29 is 5.11 Å². The molecular weight excluding hydrogens is 268 g/mol. The van der Waals surface area contributed by atoms with E-state index in [1.165, 1.54) is 5.56 Å². The molecule has 0 spiro atoms. The summed E-state index contributed by atoms with van der Waals surface area (Å²) in [4.78, 5) is 0. The van der Waals surface area contributed by atoms with Crippen LogP contribution in [-0.4, -0.2) is 5.11 Å². The number of hydrogen-bond donors (Lipinski definition) is 1. The zero-order valence-electron chi connectivity index (χ0n) is 12.4. The molecule has 0 bridgehead atoms. The smallest absolute Gasteiger partial charge is 0.124 e. The van der Waals surface area contributed by atoms with Crippen molar-refractivity contribution in [1.82, 2.24) is 0 Å². The molecule has 0 aromatic heterocycles. The summed E-state index contributed by atoms with van der Waals surface area (Å²) in [5.41, 5.74) is 3.38. The number of phenols is 1. The maximum absolute atomic E-state index is 10.6. The van der Waals surface area contributed by atoms with E-state index in [-0.39, 0.29) is 0 Å². The molecule has 0 fully saturated rings. The molecular formula is C21H16O. The maximum atomic E-state index is 10.6. The number of fused-ring (bicyclic) bond motifs is 3. The second-order valence-corrected chi connectivity index (χ2v) is 5.75. The van der Waals surface area contributed by atoms with Crippen molar-refractivity contribution in [2.45, 2.75) is 6.92 Å². The first kappa shape index (κ1) is 12.9. The lowest BCUT2D eigenvalue weighted by Crippen LogP contribution is -1.83. The first-order valence-corrected chi connectivity index (χ1v) is 7.44. The van der Waals surface area contributed by atoms with Crippen LogP contribution in [0.3, 0.4) is 0 Å². The van der Waals surface area contributed by atoms with E-state index < -0.39 is 0 Å². The minimum Gasteiger partial charge on any atom is -0.507 e. The third kappa shape index (κ3) is 2.03. The van der Waals surface area contributed by atoms with Gasteiger partial charge in [0.25, 0.3) is 0 Å². The van der Waals surface area contributed by atoms with Crippen molar-refractivity contribution in [3.05, 3.63) is 78.4 Å². The number of benzene rings is 4. The number of phenolic OH excluding ortho intramolecular Hbond substituents is 1. The molecule has 0 aliphatic rings. The van der Waals surface area contributed by atoms with Gasteiger partial charge >= 0.3 is 0 Å². The summed E-state index contributed by atoms with van der Waals surface area (Å²) in [6.45, 7) is 2.09. The van der Waals surface area contributed by atoms with E-state index in [2.05, 4.69) is 55.5 Å². The predicted molar refractivity (Wildman–Crippen MR) is 93.3 cm³/mol. The second-order valence-electron chi connectivity index (χ2n) is 5.75. The first-order chi connectivity index (χ1) is 10.7. The van der Waals surface area contributed by atoms with Gasteiger partial charge in [-0.3, -0.25) is 0 Å². The van der Waals surface area contributed by atoms with Gasteiger partial charge in [0.15, 0.2) is 0 Å². The first-order valence-electron chi connectivity index (χ1n) is 7.44. The number of aryl methyl sites for hydroxylation is 1. The average molecular weight is 284 g/mol. The number of rotatable bonds is 1. The third-order valence-electron chi connectivity index (χ3n) is 4.17. The fraction of sp³-hybridized carbons (Fsp3) is 0.0476. The molecule has 106 valence electrons. The normalized spacial score (nSPS) is 11.1. The van der Waals surface area contributed by atoms with Crippen LogP contribution in [0.4, 0.5) is 0 Å². The molecule has 22 heavy (non-hydrogen) atoms. The van der Waals surface area contributed by atoms with Crippen LogP contribution in [0.5, 0.6) is 5.75 Å². The van der Waals surface area contributed by atoms with E-state index >= 15 is 0 Å². The molecule has 0 aliphatic heterocycles. The van der Waals surface area contributed by atoms with E-state index in [4.69, 9.17) is 0 Å². The molecule has 4 rings (SSSR count). The van der Waals surface area contributed by atoms with Gasteiger partial charge in [-0.15, -0.1) is 0 Å². The SMILES string of the molecule is Cc1ccc2c(ccc3cc(-c4ccccc4)cc(O)c32)c1. The number of hydrogen-bond acceptors (Lipinski definition) is 1. The van der Waals surface area contributed by atoms with E-state index in [0.717, 1.165) is 32.7 Å². The molecule has 0 radical (unpaired) electrons. The Kier molecular flexibility index (Phi) is 2.87. The standard InChI is InChI=1S/C21H16O/c1-14-7-10-19-16(11-14)8-9-17-12-18(13-20(22)21(17)19)15-5-3-2-4-6-15/h2-13,22H,1H3. The van der Waals surface area contributed by atoms with Crippen LogP contribution in [0.15, 0.2) is 72.8 Å². The highest BCUT2D eigenvalue weighted by atomic mass is 16.3. The molecule has 1 N–H and O–H groups in total. The molecule has 0 heterocycles. The molecule has 0 atom stereocenters. The zero-order valence-corrected chi connectivity index (χ0v) is 12.4. The summed E-state index contributed by atoms with van der Waals surface area (Å²) in [7, 11) is 0. The summed E-state index contributed by atoms with van der Waals surface area (Å²) in [5, 5.41) is 14.8.